The van der Waals surface area contributed by atoms with Crippen molar-refractivity contribution in [3.8, 4) is 5.75 Å². The van der Waals surface area contributed by atoms with E-state index >= 15 is 0 Å². The predicted molar refractivity (Wildman–Crippen MR) is 76.9 cm³/mol. The zero-order valence-electron chi connectivity index (χ0n) is 11.9. The highest BCUT2D eigenvalue weighted by atomic mass is 16.5. The molecular weight excluding hydrogens is 236 g/mol. The summed E-state index contributed by atoms with van der Waals surface area (Å²) in [7, 11) is 1.74. The molecule has 1 aromatic carbocycles. The van der Waals surface area contributed by atoms with Crippen molar-refractivity contribution >= 4 is 0 Å². The molecule has 2 aliphatic carbocycles. The van der Waals surface area contributed by atoms with Crippen molar-refractivity contribution in [2.75, 3.05) is 7.11 Å². The number of fused-ring (bicyclic) bond motifs is 1. The molecule has 3 N–H and O–H groups in total. The highest BCUT2D eigenvalue weighted by molar-refractivity contribution is 5.37. The van der Waals surface area contributed by atoms with Crippen LogP contribution in [0.15, 0.2) is 18.2 Å². The number of aryl methyl sites for hydroxylation is 1. The minimum atomic E-state index is 0.394. The summed E-state index contributed by atoms with van der Waals surface area (Å²) in [5.74, 6) is 9.42. The Morgan fingerprint density at radius 2 is 2.11 bits per heavy atom. The second-order valence-corrected chi connectivity index (χ2v) is 6.13. The monoisotopic (exact) mass is 260 g/mol. The van der Waals surface area contributed by atoms with E-state index < -0.39 is 0 Å². The minimum Gasteiger partial charge on any atom is -0.496 e. The Balaban J connectivity index is 1.74. The van der Waals surface area contributed by atoms with Crippen molar-refractivity contribution in [1.82, 2.24) is 5.43 Å². The molecule has 0 radical (unpaired) electrons. The average molecular weight is 260 g/mol. The fourth-order valence-corrected chi connectivity index (χ4v) is 4.08. The number of ether oxygens (including phenoxy) is 1. The first-order valence-corrected chi connectivity index (χ1v) is 7.34. The lowest BCUT2D eigenvalue weighted by Gasteiger charge is -2.19. The molecule has 1 aromatic rings. The van der Waals surface area contributed by atoms with Gasteiger partial charge in [0, 0.05) is 6.04 Å². The molecule has 3 nitrogen and oxygen atoms in total. The predicted octanol–water partition coefficient (Wildman–Crippen LogP) is 2.42. The van der Waals surface area contributed by atoms with Gasteiger partial charge in [0.05, 0.1) is 7.11 Å². The molecule has 3 heteroatoms. The van der Waals surface area contributed by atoms with Gasteiger partial charge in [-0.15, -0.1) is 0 Å². The van der Waals surface area contributed by atoms with E-state index in [1.165, 1.54) is 30.4 Å². The third-order valence-electron chi connectivity index (χ3n) is 5.03. The van der Waals surface area contributed by atoms with Crippen molar-refractivity contribution in [3.05, 3.63) is 29.3 Å². The van der Waals surface area contributed by atoms with Crippen LogP contribution in [0.2, 0.25) is 0 Å². The number of benzene rings is 1. The van der Waals surface area contributed by atoms with Crippen LogP contribution in [-0.2, 0) is 6.42 Å². The molecule has 0 saturated heterocycles. The second-order valence-electron chi connectivity index (χ2n) is 6.13. The van der Waals surface area contributed by atoms with Crippen LogP contribution >= 0.6 is 0 Å². The van der Waals surface area contributed by atoms with Gasteiger partial charge in [0.25, 0.3) is 0 Å². The van der Waals surface area contributed by atoms with E-state index in [1.807, 2.05) is 0 Å². The fourth-order valence-electron chi connectivity index (χ4n) is 4.08. The standard InChI is InChI=1S/C16H24N2O/c1-10-6-7-15(19-2)11(8-10)9-14(18-17)16-12-4-3-5-13(12)16/h6-8,12-14,16,18H,3-5,9,17H2,1-2H3. The van der Waals surface area contributed by atoms with E-state index in [-0.39, 0.29) is 0 Å². The number of hydrogen-bond donors (Lipinski definition) is 2. The van der Waals surface area contributed by atoms with Crippen LogP contribution in [0, 0.1) is 24.7 Å². The molecule has 0 amide bonds. The van der Waals surface area contributed by atoms with Gasteiger partial charge >= 0.3 is 0 Å². The quantitative estimate of drug-likeness (QED) is 0.631. The third kappa shape index (κ3) is 2.37. The van der Waals surface area contributed by atoms with Gasteiger partial charge in [-0.25, -0.2) is 0 Å². The van der Waals surface area contributed by atoms with E-state index in [4.69, 9.17) is 10.6 Å². The number of rotatable bonds is 5. The molecule has 2 fully saturated rings. The van der Waals surface area contributed by atoms with Gasteiger partial charge in [0.2, 0.25) is 0 Å². The molecule has 2 saturated carbocycles. The Hall–Kier alpha value is -1.06. The number of hydrogen-bond acceptors (Lipinski definition) is 3. The number of methoxy groups -OCH3 is 1. The highest BCUT2D eigenvalue weighted by Gasteiger charge is 2.55. The second kappa shape index (κ2) is 5.14. The van der Waals surface area contributed by atoms with Crippen LogP contribution in [0.25, 0.3) is 0 Å². The van der Waals surface area contributed by atoms with Gasteiger partial charge in [-0.3, -0.25) is 11.3 Å². The molecule has 19 heavy (non-hydrogen) atoms. The topological polar surface area (TPSA) is 47.3 Å². The maximum atomic E-state index is 5.80. The SMILES string of the molecule is COc1ccc(C)cc1CC(NN)C1C2CCCC21. The average Bonchev–Trinajstić information content (AvgIpc) is 2.88. The first kappa shape index (κ1) is 12.9. The zero-order valence-corrected chi connectivity index (χ0v) is 11.9. The van der Waals surface area contributed by atoms with Gasteiger partial charge in [0.1, 0.15) is 5.75 Å². The highest BCUT2D eigenvalue weighted by Crippen LogP contribution is 2.59. The number of hydrazine groups is 1. The van der Waals surface area contributed by atoms with E-state index in [0.29, 0.717) is 6.04 Å². The summed E-state index contributed by atoms with van der Waals surface area (Å²) in [6.45, 7) is 2.12. The van der Waals surface area contributed by atoms with E-state index in [9.17, 15) is 0 Å². The molecule has 2 aliphatic rings. The molecule has 0 aromatic heterocycles. The van der Waals surface area contributed by atoms with Crippen molar-refractivity contribution in [2.24, 2.45) is 23.6 Å². The van der Waals surface area contributed by atoms with Crippen LogP contribution in [0.3, 0.4) is 0 Å². The zero-order chi connectivity index (χ0) is 13.4. The molecule has 3 rings (SSSR count). The Kier molecular flexibility index (Phi) is 3.50. The van der Waals surface area contributed by atoms with Gasteiger partial charge in [-0.2, -0.15) is 0 Å². The summed E-state index contributed by atoms with van der Waals surface area (Å²) < 4.78 is 5.47. The van der Waals surface area contributed by atoms with Crippen molar-refractivity contribution in [1.29, 1.82) is 0 Å². The first-order valence-electron chi connectivity index (χ1n) is 7.34. The number of nitrogens with two attached hydrogens (primary N) is 1. The fraction of sp³-hybridized carbons (Fsp3) is 0.625. The largest absolute Gasteiger partial charge is 0.496 e. The van der Waals surface area contributed by atoms with Gasteiger partial charge in [-0.1, -0.05) is 24.1 Å². The maximum absolute atomic E-state index is 5.80. The molecule has 104 valence electrons. The Morgan fingerprint density at radius 3 is 2.74 bits per heavy atom. The van der Waals surface area contributed by atoms with Crippen LogP contribution in [0.4, 0.5) is 0 Å². The van der Waals surface area contributed by atoms with Crippen molar-refractivity contribution in [2.45, 2.75) is 38.6 Å². The van der Waals surface area contributed by atoms with Crippen molar-refractivity contribution in [3.63, 3.8) is 0 Å². The first-order chi connectivity index (χ1) is 9.24. The van der Waals surface area contributed by atoms with Gasteiger partial charge < -0.3 is 4.74 Å². The third-order valence-corrected chi connectivity index (χ3v) is 5.03. The lowest BCUT2D eigenvalue weighted by atomic mass is 9.96. The smallest absolute Gasteiger partial charge is 0.122 e. The van der Waals surface area contributed by atoms with E-state index in [2.05, 4.69) is 30.5 Å². The lowest BCUT2D eigenvalue weighted by Crippen LogP contribution is -2.39. The normalized spacial score (nSPS) is 29.9. The Bertz CT molecular complexity index is 450. The summed E-state index contributed by atoms with van der Waals surface area (Å²) in [6, 6.07) is 6.78. The summed E-state index contributed by atoms with van der Waals surface area (Å²) >= 11 is 0. The number of nitrogens with one attached hydrogen (secondary N) is 1. The van der Waals surface area contributed by atoms with E-state index in [1.54, 1.807) is 7.11 Å². The molecule has 3 unspecified atom stereocenters. The summed E-state index contributed by atoms with van der Waals surface area (Å²) in [6.07, 6.45) is 5.19. The van der Waals surface area contributed by atoms with Crippen LogP contribution in [0.1, 0.15) is 30.4 Å². The van der Waals surface area contributed by atoms with Gasteiger partial charge in [0.15, 0.2) is 0 Å². The van der Waals surface area contributed by atoms with Crippen LogP contribution < -0.4 is 16.0 Å². The van der Waals surface area contributed by atoms with Crippen LogP contribution in [0.5, 0.6) is 5.75 Å². The van der Waals surface area contributed by atoms with Crippen molar-refractivity contribution < 1.29 is 4.74 Å². The molecule has 3 atom stereocenters. The molecular formula is C16H24N2O. The Morgan fingerprint density at radius 1 is 1.37 bits per heavy atom. The summed E-state index contributed by atoms with van der Waals surface area (Å²) in [4.78, 5) is 0. The summed E-state index contributed by atoms with van der Waals surface area (Å²) in [5.41, 5.74) is 5.61. The summed E-state index contributed by atoms with van der Waals surface area (Å²) in [5, 5.41) is 0. The van der Waals surface area contributed by atoms with E-state index in [0.717, 1.165) is 29.9 Å². The molecule has 0 bridgehead atoms. The molecule has 0 spiro atoms. The Labute approximate surface area is 115 Å². The van der Waals surface area contributed by atoms with Gasteiger partial charge in [-0.05, 0) is 55.6 Å². The van der Waals surface area contributed by atoms with Crippen LogP contribution in [-0.4, -0.2) is 13.2 Å². The maximum Gasteiger partial charge on any atom is 0.122 e. The lowest BCUT2D eigenvalue weighted by molar-refractivity contribution is 0.386. The molecule has 0 aliphatic heterocycles. The molecule has 0 heterocycles. The minimum absolute atomic E-state index is 0.394.